The maximum atomic E-state index is 8.91. The average Bonchev–Trinajstić information content (AvgIpc) is 2.33. The minimum atomic E-state index is 0.0195. The van der Waals surface area contributed by atoms with Crippen LogP contribution in [0.15, 0.2) is 24.3 Å². The Bertz CT molecular complexity index is 372. The van der Waals surface area contributed by atoms with Gasteiger partial charge in [0, 0.05) is 23.5 Å². The molecule has 0 aromatic heterocycles. The van der Waals surface area contributed by atoms with Crippen LogP contribution in [0.4, 0.5) is 0 Å². The van der Waals surface area contributed by atoms with E-state index in [0.717, 1.165) is 17.7 Å². The monoisotopic (exact) mass is 253 g/mol. The Morgan fingerprint density at radius 1 is 1.53 bits per heavy atom. The zero-order chi connectivity index (χ0) is 12.3. The van der Waals surface area contributed by atoms with Gasteiger partial charge in [-0.2, -0.15) is 0 Å². The summed E-state index contributed by atoms with van der Waals surface area (Å²) in [4.78, 5) is 0. The SMILES string of the molecule is CC(CCO)SC1COc2ccccc2C1N. The van der Waals surface area contributed by atoms with E-state index in [9.17, 15) is 0 Å². The van der Waals surface area contributed by atoms with Crippen LogP contribution in [0.1, 0.15) is 24.9 Å². The molecule has 1 heterocycles. The van der Waals surface area contributed by atoms with Crippen LogP contribution >= 0.6 is 11.8 Å². The molecule has 0 bridgehead atoms. The molecular formula is C13H19NO2S. The first kappa shape index (κ1) is 12.7. The van der Waals surface area contributed by atoms with Gasteiger partial charge in [0.05, 0.1) is 5.25 Å². The number of benzene rings is 1. The van der Waals surface area contributed by atoms with Crippen molar-refractivity contribution in [1.29, 1.82) is 0 Å². The molecule has 94 valence electrons. The molecule has 0 saturated carbocycles. The van der Waals surface area contributed by atoms with Crippen molar-refractivity contribution in [3.8, 4) is 5.75 Å². The lowest BCUT2D eigenvalue weighted by atomic mass is 10.0. The topological polar surface area (TPSA) is 55.5 Å². The molecule has 4 heteroatoms. The van der Waals surface area contributed by atoms with E-state index in [-0.39, 0.29) is 17.9 Å². The molecule has 0 saturated heterocycles. The summed E-state index contributed by atoms with van der Waals surface area (Å²) in [5.41, 5.74) is 7.36. The number of rotatable bonds is 4. The van der Waals surface area contributed by atoms with E-state index in [0.29, 0.717) is 11.9 Å². The van der Waals surface area contributed by atoms with Gasteiger partial charge in [0.1, 0.15) is 12.4 Å². The van der Waals surface area contributed by atoms with E-state index in [2.05, 4.69) is 6.92 Å². The summed E-state index contributed by atoms with van der Waals surface area (Å²) < 4.78 is 5.72. The summed E-state index contributed by atoms with van der Waals surface area (Å²) >= 11 is 1.81. The molecule has 2 rings (SSSR count). The zero-order valence-corrected chi connectivity index (χ0v) is 10.8. The van der Waals surface area contributed by atoms with E-state index in [1.165, 1.54) is 0 Å². The van der Waals surface area contributed by atoms with Crippen molar-refractivity contribution >= 4 is 11.8 Å². The normalized spacial score (nSPS) is 24.9. The highest BCUT2D eigenvalue weighted by molar-refractivity contribution is 8.00. The fourth-order valence-electron chi connectivity index (χ4n) is 2.04. The molecule has 3 nitrogen and oxygen atoms in total. The second kappa shape index (κ2) is 5.76. The maximum Gasteiger partial charge on any atom is 0.124 e. The van der Waals surface area contributed by atoms with Crippen LogP contribution in [-0.2, 0) is 0 Å². The van der Waals surface area contributed by atoms with Gasteiger partial charge in [-0.3, -0.25) is 0 Å². The van der Waals surface area contributed by atoms with Gasteiger partial charge in [-0.25, -0.2) is 0 Å². The van der Waals surface area contributed by atoms with Gasteiger partial charge in [0.25, 0.3) is 0 Å². The van der Waals surface area contributed by atoms with E-state index >= 15 is 0 Å². The van der Waals surface area contributed by atoms with Crippen LogP contribution in [0, 0.1) is 0 Å². The maximum absolute atomic E-state index is 8.91. The number of fused-ring (bicyclic) bond motifs is 1. The average molecular weight is 253 g/mol. The van der Waals surface area contributed by atoms with Crippen LogP contribution in [0.3, 0.4) is 0 Å². The number of hydrogen-bond donors (Lipinski definition) is 2. The second-order valence-electron chi connectivity index (χ2n) is 4.37. The van der Waals surface area contributed by atoms with E-state index in [1.807, 2.05) is 24.3 Å². The summed E-state index contributed by atoms with van der Waals surface area (Å²) in [6, 6.07) is 7.97. The van der Waals surface area contributed by atoms with Crippen molar-refractivity contribution in [1.82, 2.24) is 0 Å². The van der Waals surface area contributed by atoms with Gasteiger partial charge in [0.2, 0.25) is 0 Å². The number of aliphatic hydroxyl groups is 1. The van der Waals surface area contributed by atoms with Gasteiger partial charge >= 0.3 is 0 Å². The summed E-state index contributed by atoms with van der Waals surface area (Å²) in [6.45, 7) is 3.00. The Balaban J connectivity index is 2.04. The number of hydrogen-bond acceptors (Lipinski definition) is 4. The van der Waals surface area contributed by atoms with Crippen LogP contribution in [0.5, 0.6) is 5.75 Å². The molecule has 17 heavy (non-hydrogen) atoms. The number of para-hydroxylation sites is 1. The van der Waals surface area contributed by atoms with E-state index < -0.39 is 0 Å². The summed E-state index contributed by atoms with van der Waals surface area (Å²) in [5, 5.41) is 9.59. The minimum Gasteiger partial charge on any atom is -0.492 e. The minimum absolute atomic E-state index is 0.0195. The fourth-order valence-corrected chi connectivity index (χ4v) is 3.34. The lowest BCUT2D eigenvalue weighted by Gasteiger charge is -2.32. The van der Waals surface area contributed by atoms with Gasteiger partial charge in [-0.05, 0) is 12.5 Å². The van der Waals surface area contributed by atoms with Crippen molar-refractivity contribution in [2.75, 3.05) is 13.2 Å². The Kier molecular flexibility index (Phi) is 4.31. The summed E-state index contributed by atoms with van der Waals surface area (Å²) in [7, 11) is 0. The van der Waals surface area contributed by atoms with Gasteiger partial charge in [-0.15, -0.1) is 11.8 Å². The molecule has 1 aliphatic heterocycles. The molecule has 3 N–H and O–H groups in total. The third-order valence-electron chi connectivity index (χ3n) is 3.02. The van der Waals surface area contributed by atoms with E-state index in [4.69, 9.17) is 15.6 Å². The molecule has 3 unspecified atom stereocenters. The molecule has 0 spiro atoms. The van der Waals surface area contributed by atoms with Crippen LogP contribution in [0.2, 0.25) is 0 Å². The molecular weight excluding hydrogens is 234 g/mol. The molecule has 0 fully saturated rings. The number of aliphatic hydroxyl groups excluding tert-OH is 1. The van der Waals surface area contributed by atoms with Crippen molar-refractivity contribution < 1.29 is 9.84 Å². The number of thioether (sulfide) groups is 1. The molecule has 1 aliphatic rings. The zero-order valence-electron chi connectivity index (χ0n) is 10.0. The van der Waals surface area contributed by atoms with E-state index in [1.54, 1.807) is 11.8 Å². The Hall–Kier alpha value is -0.710. The summed E-state index contributed by atoms with van der Waals surface area (Å²) in [5.74, 6) is 0.909. The highest BCUT2D eigenvalue weighted by Crippen LogP contribution is 2.37. The van der Waals surface area contributed by atoms with Crippen molar-refractivity contribution in [3.05, 3.63) is 29.8 Å². The number of nitrogens with two attached hydrogens (primary N) is 1. The molecule has 1 aromatic rings. The van der Waals surface area contributed by atoms with Crippen LogP contribution < -0.4 is 10.5 Å². The largest absolute Gasteiger partial charge is 0.492 e. The molecule has 0 aliphatic carbocycles. The first-order valence-corrected chi connectivity index (χ1v) is 6.90. The standard InChI is InChI=1S/C13H19NO2S/c1-9(6-7-15)17-12-8-16-11-5-3-2-4-10(11)13(12)14/h2-5,9,12-13,15H,6-8,14H2,1H3. The quantitative estimate of drug-likeness (QED) is 0.861. The van der Waals surface area contributed by atoms with Gasteiger partial charge < -0.3 is 15.6 Å². The highest BCUT2D eigenvalue weighted by atomic mass is 32.2. The van der Waals surface area contributed by atoms with Crippen molar-refractivity contribution in [3.63, 3.8) is 0 Å². The highest BCUT2D eigenvalue weighted by Gasteiger charge is 2.29. The molecule has 0 radical (unpaired) electrons. The van der Waals surface area contributed by atoms with Crippen LogP contribution in [0.25, 0.3) is 0 Å². The third kappa shape index (κ3) is 2.94. The Morgan fingerprint density at radius 3 is 3.06 bits per heavy atom. The first-order valence-electron chi connectivity index (χ1n) is 5.96. The van der Waals surface area contributed by atoms with Crippen molar-refractivity contribution in [2.24, 2.45) is 5.73 Å². The second-order valence-corrected chi connectivity index (χ2v) is 6.05. The van der Waals surface area contributed by atoms with Gasteiger partial charge in [0.15, 0.2) is 0 Å². The fraction of sp³-hybridized carbons (Fsp3) is 0.538. The van der Waals surface area contributed by atoms with Crippen molar-refractivity contribution in [2.45, 2.75) is 29.9 Å². The molecule has 0 amide bonds. The molecule has 1 aromatic carbocycles. The predicted molar refractivity (Wildman–Crippen MR) is 71.4 cm³/mol. The smallest absolute Gasteiger partial charge is 0.124 e. The lowest BCUT2D eigenvalue weighted by molar-refractivity contribution is 0.273. The van der Waals surface area contributed by atoms with Crippen LogP contribution in [-0.4, -0.2) is 28.8 Å². The Labute approximate surface area is 106 Å². The Morgan fingerprint density at radius 2 is 2.29 bits per heavy atom. The van der Waals surface area contributed by atoms with Gasteiger partial charge in [-0.1, -0.05) is 25.1 Å². The third-order valence-corrected chi connectivity index (χ3v) is 4.50. The summed E-state index contributed by atoms with van der Waals surface area (Å²) in [6.07, 6.45) is 0.801. The predicted octanol–water partition coefficient (Wildman–Crippen LogP) is 1.95. The number of ether oxygens (including phenoxy) is 1. The first-order chi connectivity index (χ1) is 8.22. The lowest BCUT2D eigenvalue weighted by Crippen LogP contribution is -2.34. The molecule has 3 atom stereocenters.